The summed E-state index contributed by atoms with van der Waals surface area (Å²) in [4.78, 5) is 28.4. The quantitative estimate of drug-likeness (QED) is 0.281. The molecule has 40 heavy (non-hydrogen) atoms. The van der Waals surface area contributed by atoms with Gasteiger partial charge < -0.3 is 9.47 Å². The van der Waals surface area contributed by atoms with Gasteiger partial charge >= 0.3 is 11.9 Å². The number of hydrogen-bond acceptors (Lipinski definition) is 4. The number of carbonyl (C=O) groups is 2. The maximum atomic E-state index is 14.5. The van der Waals surface area contributed by atoms with Gasteiger partial charge in [0.05, 0.1) is 10.8 Å². The molecule has 0 radical (unpaired) electrons. The van der Waals surface area contributed by atoms with Crippen LogP contribution in [0.2, 0.25) is 0 Å². The predicted octanol–water partition coefficient (Wildman–Crippen LogP) is 8.90. The highest BCUT2D eigenvalue weighted by atomic mass is 16.6. The van der Waals surface area contributed by atoms with E-state index in [4.69, 9.17) is 9.47 Å². The summed E-state index contributed by atoms with van der Waals surface area (Å²) in [5.74, 6) is 3.55. The van der Waals surface area contributed by atoms with Gasteiger partial charge in [-0.05, 0) is 138 Å². The van der Waals surface area contributed by atoms with E-state index < -0.39 is 22.0 Å². The maximum Gasteiger partial charge on any atom is 0.312 e. The van der Waals surface area contributed by atoms with Gasteiger partial charge in [0.25, 0.3) is 0 Å². The van der Waals surface area contributed by atoms with Crippen molar-refractivity contribution in [2.75, 3.05) is 0 Å². The van der Waals surface area contributed by atoms with Crippen molar-refractivity contribution in [3.63, 3.8) is 0 Å². The number of hydrogen-bond donors (Lipinski definition) is 0. The lowest BCUT2D eigenvalue weighted by Crippen LogP contribution is -2.62. The van der Waals surface area contributed by atoms with E-state index in [1.165, 1.54) is 44.9 Å². The molecule has 0 N–H and O–H groups in total. The Bertz CT molecular complexity index is 1000. The molecule has 8 bridgehead atoms. The van der Waals surface area contributed by atoms with Gasteiger partial charge in [0.15, 0.2) is 0 Å². The molecule has 0 aromatic heterocycles. The molecular formula is C36H58O4. The lowest BCUT2D eigenvalue weighted by molar-refractivity contribution is -0.231. The summed E-state index contributed by atoms with van der Waals surface area (Å²) < 4.78 is 13.5. The Morgan fingerprint density at radius 1 is 0.800 bits per heavy atom. The van der Waals surface area contributed by atoms with Crippen LogP contribution in [0.1, 0.15) is 145 Å². The first-order valence-corrected chi connectivity index (χ1v) is 17.1. The molecule has 4 nitrogen and oxygen atoms in total. The minimum Gasteiger partial charge on any atom is -0.459 e. The van der Waals surface area contributed by atoms with Crippen molar-refractivity contribution in [2.45, 2.75) is 156 Å². The highest BCUT2D eigenvalue weighted by molar-refractivity contribution is 5.80. The van der Waals surface area contributed by atoms with Gasteiger partial charge in [-0.1, -0.05) is 41.5 Å². The Morgan fingerprint density at radius 2 is 1.35 bits per heavy atom. The second-order valence-corrected chi connectivity index (χ2v) is 17.7. The zero-order valence-electron chi connectivity index (χ0n) is 27.0. The van der Waals surface area contributed by atoms with E-state index in [-0.39, 0.29) is 23.3 Å². The number of rotatable bonds is 8. The maximum absolute atomic E-state index is 14.5. The molecule has 4 heteroatoms. The van der Waals surface area contributed by atoms with Gasteiger partial charge in [0, 0.05) is 11.8 Å². The van der Waals surface area contributed by atoms with Crippen LogP contribution in [0.5, 0.6) is 0 Å². The molecule has 4 atom stereocenters. The van der Waals surface area contributed by atoms with E-state index in [0.717, 1.165) is 56.3 Å². The Morgan fingerprint density at radius 3 is 1.88 bits per heavy atom. The number of carbonyl (C=O) groups excluding carboxylic acids is 2. The van der Waals surface area contributed by atoms with Gasteiger partial charge in [-0.15, -0.1) is 0 Å². The van der Waals surface area contributed by atoms with E-state index in [0.29, 0.717) is 23.7 Å². The Hall–Kier alpha value is -1.06. The zero-order valence-corrected chi connectivity index (χ0v) is 27.0. The molecule has 0 aromatic rings. The Balaban J connectivity index is 1.26. The first-order chi connectivity index (χ1) is 18.6. The number of fused-ring (bicyclic) bond motifs is 1. The van der Waals surface area contributed by atoms with Crippen LogP contribution in [0.25, 0.3) is 0 Å². The molecule has 0 spiro atoms. The minimum absolute atomic E-state index is 0.0230. The summed E-state index contributed by atoms with van der Waals surface area (Å²) in [6.45, 7) is 18.0. The summed E-state index contributed by atoms with van der Waals surface area (Å²) in [5, 5.41) is 0. The summed E-state index contributed by atoms with van der Waals surface area (Å²) in [7, 11) is 0. The Kier molecular flexibility index (Phi) is 6.69. The highest BCUT2D eigenvalue weighted by Crippen LogP contribution is 2.68. The fourth-order valence-electron chi connectivity index (χ4n) is 12.5. The summed E-state index contributed by atoms with van der Waals surface area (Å²) in [6, 6.07) is 0. The number of ether oxygens (including phenoxy) is 2. The third kappa shape index (κ3) is 4.25. The van der Waals surface area contributed by atoms with Crippen LogP contribution in [0, 0.1) is 57.2 Å². The standard InChI is InChI=1S/C36H58O4/c1-9-36(10-2,23(3)4)30(38)40-35-19-26-12-27(20-35)16-33(15-26,22-35)29(37)39-32(7,8)34-17-24-11-25(18-34)14-28(13-24)31(5,6)21-34/h23-28H,9-22H2,1-8H3. The molecule has 226 valence electrons. The van der Waals surface area contributed by atoms with Crippen molar-refractivity contribution < 1.29 is 19.1 Å². The topological polar surface area (TPSA) is 52.6 Å². The molecule has 0 saturated heterocycles. The van der Waals surface area contributed by atoms with Crippen LogP contribution in [-0.4, -0.2) is 23.1 Å². The van der Waals surface area contributed by atoms with Crippen LogP contribution < -0.4 is 0 Å². The van der Waals surface area contributed by atoms with Crippen molar-refractivity contribution >= 4 is 11.9 Å². The largest absolute Gasteiger partial charge is 0.459 e. The van der Waals surface area contributed by atoms with Gasteiger partial charge in [0.1, 0.15) is 11.2 Å². The highest BCUT2D eigenvalue weighted by Gasteiger charge is 2.66. The van der Waals surface area contributed by atoms with E-state index in [1.54, 1.807) is 0 Å². The molecule has 8 aliphatic carbocycles. The second-order valence-electron chi connectivity index (χ2n) is 17.7. The van der Waals surface area contributed by atoms with Gasteiger partial charge in [-0.2, -0.15) is 0 Å². The average Bonchev–Trinajstić information content (AvgIpc) is 2.95. The predicted molar refractivity (Wildman–Crippen MR) is 158 cm³/mol. The zero-order chi connectivity index (χ0) is 28.9. The SMILES string of the molecule is CCC(CC)(C(=O)OC12CC3CC(C1)CC(C(=O)OC(C)(C)C14CC5CC(CC(C5)C(C)(C)C1)C4)(C3)C2)C(C)C. The average molecular weight is 555 g/mol. The number of esters is 2. The molecule has 0 heterocycles. The lowest BCUT2D eigenvalue weighted by Gasteiger charge is -2.61. The summed E-state index contributed by atoms with van der Waals surface area (Å²) in [6.07, 6.45) is 14.8. The van der Waals surface area contributed by atoms with E-state index >= 15 is 0 Å². The van der Waals surface area contributed by atoms with Crippen LogP contribution in [0.3, 0.4) is 0 Å². The van der Waals surface area contributed by atoms with Crippen molar-refractivity contribution in [1.82, 2.24) is 0 Å². The summed E-state index contributed by atoms with van der Waals surface area (Å²) in [5.41, 5.74) is -1.54. The fraction of sp³-hybridized carbons (Fsp3) is 0.944. The van der Waals surface area contributed by atoms with E-state index in [2.05, 4.69) is 55.4 Å². The van der Waals surface area contributed by atoms with Gasteiger partial charge in [0.2, 0.25) is 0 Å². The molecule has 0 aromatic carbocycles. The van der Waals surface area contributed by atoms with Crippen LogP contribution in [-0.2, 0) is 19.1 Å². The fourth-order valence-corrected chi connectivity index (χ4v) is 12.5. The Labute approximate surface area is 244 Å². The van der Waals surface area contributed by atoms with Crippen molar-refractivity contribution in [3.8, 4) is 0 Å². The van der Waals surface area contributed by atoms with Crippen LogP contribution in [0.4, 0.5) is 0 Å². The first-order valence-electron chi connectivity index (χ1n) is 17.1. The molecule has 8 rings (SSSR count). The third-order valence-electron chi connectivity index (χ3n) is 14.3. The van der Waals surface area contributed by atoms with E-state index in [9.17, 15) is 9.59 Å². The molecule has 0 amide bonds. The molecule has 4 unspecified atom stereocenters. The molecule has 0 aliphatic heterocycles. The van der Waals surface area contributed by atoms with Crippen LogP contribution >= 0.6 is 0 Å². The molecular weight excluding hydrogens is 496 g/mol. The lowest BCUT2D eigenvalue weighted by atomic mass is 9.47. The van der Waals surface area contributed by atoms with Crippen LogP contribution in [0.15, 0.2) is 0 Å². The smallest absolute Gasteiger partial charge is 0.312 e. The van der Waals surface area contributed by atoms with Crippen molar-refractivity contribution in [2.24, 2.45) is 57.2 Å². The minimum atomic E-state index is -0.492. The summed E-state index contributed by atoms with van der Waals surface area (Å²) >= 11 is 0. The molecule has 8 saturated carbocycles. The van der Waals surface area contributed by atoms with E-state index in [1.807, 2.05) is 0 Å². The van der Waals surface area contributed by atoms with Gasteiger partial charge in [-0.3, -0.25) is 9.59 Å². The van der Waals surface area contributed by atoms with Gasteiger partial charge in [-0.25, -0.2) is 0 Å². The van der Waals surface area contributed by atoms with Crippen molar-refractivity contribution in [1.29, 1.82) is 0 Å². The molecule has 8 aliphatic rings. The second kappa shape index (κ2) is 9.22. The third-order valence-corrected chi connectivity index (χ3v) is 14.3. The van der Waals surface area contributed by atoms with Crippen molar-refractivity contribution in [3.05, 3.63) is 0 Å². The monoisotopic (exact) mass is 554 g/mol. The normalized spacial score (nSPS) is 43.2. The first kappa shape index (κ1) is 29.0. The molecule has 8 fully saturated rings.